The Labute approximate surface area is 167 Å². The summed E-state index contributed by atoms with van der Waals surface area (Å²) in [5.41, 5.74) is 2.00. The molecular formula is C21H22O8. The Morgan fingerprint density at radius 2 is 1.38 bits per heavy atom. The minimum Gasteiger partial charge on any atom is -0.481 e. The van der Waals surface area contributed by atoms with Gasteiger partial charge >= 0.3 is 11.9 Å². The number of rotatable bonds is 6. The van der Waals surface area contributed by atoms with Crippen LogP contribution in [-0.4, -0.2) is 35.7 Å². The standard InChI is InChI=1S/C12H12O6.C9H10O2/c13-11(14)5-8(12(15)16)3-7-1-2-9-10(4-7)18-6-17-9;1-2-7-3-4-8-9(5-7)11-6-10-8/h1-2,4,8H,3,5-6H2,(H,13,14)(H,15,16);3-5H,2,6H2,1H3/t8-;/m0./s1. The summed E-state index contributed by atoms with van der Waals surface area (Å²) in [4.78, 5) is 21.5. The van der Waals surface area contributed by atoms with Crippen molar-refractivity contribution in [2.24, 2.45) is 5.92 Å². The molecule has 2 aliphatic rings. The molecule has 2 heterocycles. The highest BCUT2D eigenvalue weighted by Gasteiger charge is 2.22. The van der Waals surface area contributed by atoms with E-state index in [1.807, 2.05) is 12.1 Å². The summed E-state index contributed by atoms with van der Waals surface area (Å²) in [6, 6.07) is 11.1. The van der Waals surface area contributed by atoms with E-state index in [0.717, 1.165) is 17.9 Å². The van der Waals surface area contributed by atoms with Gasteiger partial charge in [-0.25, -0.2) is 0 Å². The molecule has 0 saturated carbocycles. The van der Waals surface area contributed by atoms with Crippen LogP contribution in [0.3, 0.4) is 0 Å². The van der Waals surface area contributed by atoms with Crippen LogP contribution in [0.4, 0.5) is 0 Å². The molecule has 0 bridgehead atoms. The van der Waals surface area contributed by atoms with Crippen LogP contribution in [0.2, 0.25) is 0 Å². The maximum Gasteiger partial charge on any atom is 0.307 e. The van der Waals surface area contributed by atoms with Gasteiger partial charge in [0.2, 0.25) is 13.6 Å². The van der Waals surface area contributed by atoms with E-state index in [9.17, 15) is 9.59 Å². The van der Waals surface area contributed by atoms with Crippen LogP contribution >= 0.6 is 0 Å². The van der Waals surface area contributed by atoms with Crippen molar-refractivity contribution in [1.29, 1.82) is 0 Å². The minimum absolute atomic E-state index is 0.149. The van der Waals surface area contributed by atoms with Crippen LogP contribution < -0.4 is 18.9 Å². The van der Waals surface area contributed by atoms with Gasteiger partial charge in [-0.05, 0) is 48.2 Å². The first-order chi connectivity index (χ1) is 14.0. The van der Waals surface area contributed by atoms with Gasteiger partial charge in [0.25, 0.3) is 0 Å². The maximum absolute atomic E-state index is 11.0. The highest BCUT2D eigenvalue weighted by molar-refractivity contribution is 5.78. The SMILES string of the molecule is CCc1ccc2c(c1)OCO2.O=C(O)C[C@H](Cc1ccc2c(c1)OCO2)C(=O)O. The van der Waals surface area contributed by atoms with Gasteiger partial charge < -0.3 is 29.2 Å². The number of fused-ring (bicyclic) bond motifs is 2. The molecule has 8 heteroatoms. The number of carboxylic acids is 2. The zero-order chi connectivity index (χ0) is 20.8. The smallest absolute Gasteiger partial charge is 0.307 e. The second-order valence-corrected chi connectivity index (χ2v) is 6.57. The van der Waals surface area contributed by atoms with E-state index in [4.69, 9.17) is 29.2 Å². The van der Waals surface area contributed by atoms with Crippen LogP contribution in [-0.2, 0) is 22.4 Å². The first kappa shape index (κ1) is 20.3. The summed E-state index contributed by atoms with van der Waals surface area (Å²) >= 11 is 0. The van der Waals surface area contributed by atoms with E-state index in [2.05, 4.69) is 13.0 Å². The third-order valence-corrected chi connectivity index (χ3v) is 4.53. The van der Waals surface area contributed by atoms with Gasteiger partial charge in [0.15, 0.2) is 23.0 Å². The van der Waals surface area contributed by atoms with Crippen molar-refractivity contribution in [3.8, 4) is 23.0 Å². The average Bonchev–Trinajstić information content (AvgIpc) is 3.35. The van der Waals surface area contributed by atoms with Crippen LogP contribution in [0.25, 0.3) is 0 Å². The van der Waals surface area contributed by atoms with Gasteiger partial charge in [0, 0.05) is 0 Å². The minimum atomic E-state index is -1.12. The summed E-state index contributed by atoms with van der Waals surface area (Å²) in [5, 5.41) is 17.6. The topological polar surface area (TPSA) is 112 Å². The summed E-state index contributed by atoms with van der Waals surface area (Å²) in [6.07, 6.45) is 0.790. The van der Waals surface area contributed by atoms with Crippen molar-refractivity contribution in [3.63, 3.8) is 0 Å². The number of carboxylic acid groups (broad SMARTS) is 2. The molecule has 0 radical (unpaired) electrons. The lowest BCUT2D eigenvalue weighted by Gasteiger charge is -2.10. The number of ether oxygens (including phenoxy) is 4. The van der Waals surface area contributed by atoms with Crippen molar-refractivity contribution in [2.75, 3.05) is 13.6 Å². The fourth-order valence-corrected chi connectivity index (χ4v) is 2.97. The molecule has 0 fully saturated rings. The molecule has 2 aromatic rings. The highest BCUT2D eigenvalue weighted by atomic mass is 16.7. The lowest BCUT2D eigenvalue weighted by molar-refractivity contribution is -0.148. The molecule has 4 rings (SSSR count). The largest absolute Gasteiger partial charge is 0.481 e. The third kappa shape index (κ3) is 5.31. The Kier molecular flexibility index (Phi) is 6.43. The number of hydrogen-bond donors (Lipinski definition) is 2. The lowest BCUT2D eigenvalue weighted by atomic mass is 9.96. The number of aryl methyl sites for hydroxylation is 1. The predicted octanol–water partition coefficient (Wildman–Crippen LogP) is 3.11. The number of carbonyl (C=O) groups is 2. The van der Waals surface area contributed by atoms with Crippen molar-refractivity contribution in [2.45, 2.75) is 26.2 Å². The van der Waals surface area contributed by atoms with E-state index in [-0.39, 0.29) is 13.2 Å². The van der Waals surface area contributed by atoms with Crippen LogP contribution in [0, 0.1) is 5.92 Å². The fourth-order valence-electron chi connectivity index (χ4n) is 2.97. The summed E-state index contributed by atoms with van der Waals surface area (Å²) in [6.45, 7) is 2.64. The van der Waals surface area contributed by atoms with Crippen molar-refractivity contribution < 1.29 is 38.7 Å². The first-order valence-corrected chi connectivity index (χ1v) is 9.18. The molecule has 8 nitrogen and oxygen atoms in total. The molecule has 29 heavy (non-hydrogen) atoms. The van der Waals surface area contributed by atoms with E-state index >= 15 is 0 Å². The molecule has 2 aliphatic heterocycles. The van der Waals surface area contributed by atoms with Gasteiger partial charge in [-0.15, -0.1) is 0 Å². The molecule has 1 atom stereocenters. The number of benzene rings is 2. The molecule has 0 unspecified atom stereocenters. The molecule has 0 saturated heterocycles. The normalized spacial score (nSPS) is 14.0. The third-order valence-electron chi connectivity index (χ3n) is 4.53. The Hall–Kier alpha value is -3.42. The van der Waals surface area contributed by atoms with Gasteiger partial charge in [0.1, 0.15) is 0 Å². The predicted molar refractivity (Wildman–Crippen MR) is 102 cm³/mol. The summed E-state index contributed by atoms with van der Waals surface area (Å²) < 4.78 is 20.7. The van der Waals surface area contributed by atoms with E-state index in [0.29, 0.717) is 23.9 Å². The molecule has 0 aromatic heterocycles. The van der Waals surface area contributed by atoms with Gasteiger partial charge in [-0.1, -0.05) is 19.1 Å². The van der Waals surface area contributed by atoms with Crippen LogP contribution in [0.5, 0.6) is 23.0 Å². The summed E-state index contributed by atoms with van der Waals surface area (Å²) in [7, 11) is 0. The quantitative estimate of drug-likeness (QED) is 0.758. The fraction of sp³-hybridized carbons (Fsp3) is 0.333. The molecule has 2 aromatic carbocycles. The van der Waals surface area contributed by atoms with Gasteiger partial charge in [0.05, 0.1) is 12.3 Å². The molecule has 2 N–H and O–H groups in total. The Morgan fingerprint density at radius 3 is 1.90 bits per heavy atom. The monoisotopic (exact) mass is 402 g/mol. The van der Waals surface area contributed by atoms with Crippen molar-refractivity contribution in [3.05, 3.63) is 47.5 Å². The summed E-state index contributed by atoms with van der Waals surface area (Å²) in [5.74, 6) is -0.261. The maximum atomic E-state index is 11.0. The van der Waals surface area contributed by atoms with Crippen LogP contribution in [0.15, 0.2) is 36.4 Å². The second kappa shape index (κ2) is 9.18. The average molecular weight is 402 g/mol. The van der Waals surface area contributed by atoms with Gasteiger partial charge in [-0.3, -0.25) is 9.59 Å². The zero-order valence-corrected chi connectivity index (χ0v) is 15.9. The number of aliphatic carboxylic acids is 2. The molecule has 0 amide bonds. The first-order valence-electron chi connectivity index (χ1n) is 9.18. The van der Waals surface area contributed by atoms with E-state index in [1.54, 1.807) is 18.2 Å². The Bertz CT molecular complexity index is 892. The van der Waals surface area contributed by atoms with E-state index < -0.39 is 24.3 Å². The molecular weight excluding hydrogens is 380 g/mol. The Balaban J connectivity index is 0.000000186. The molecule has 0 spiro atoms. The molecule has 0 aliphatic carbocycles. The molecule has 154 valence electrons. The second-order valence-electron chi connectivity index (χ2n) is 6.57. The van der Waals surface area contributed by atoms with E-state index in [1.165, 1.54) is 5.56 Å². The zero-order valence-electron chi connectivity index (χ0n) is 15.9. The van der Waals surface area contributed by atoms with Crippen molar-refractivity contribution in [1.82, 2.24) is 0 Å². The lowest BCUT2D eigenvalue weighted by Crippen LogP contribution is -2.20. The van der Waals surface area contributed by atoms with Crippen molar-refractivity contribution >= 4 is 11.9 Å². The number of hydrogen-bond acceptors (Lipinski definition) is 6. The van der Waals surface area contributed by atoms with Crippen LogP contribution in [0.1, 0.15) is 24.5 Å². The highest BCUT2D eigenvalue weighted by Crippen LogP contribution is 2.33. The van der Waals surface area contributed by atoms with Gasteiger partial charge in [-0.2, -0.15) is 0 Å². The Morgan fingerprint density at radius 1 is 0.862 bits per heavy atom.